The van der Waals surface area contributed by atoms with Gasteiger partial charge < -0.3 is 9.80 Å². The molecule has 1 fully saturated rings. The number of halogens is 2. The monoisotopic (exact) mass is 504 g/mol. The van der Waals surface area contributed by atoms with E-state index in [4.69, 9.17) is 15.1 Å². The number of anilines is 1. The summed E-state index contributed by atoms with van der Waals surface area (Å²) in [5.74, 6) is 0.417. The van der Waals surface area contributed by atoms with Gasteiger partial charge in [-0.1, -0.05) is 25.5 Å². The predicted molar refractivity (Wildman–Crippen MR) is 139 cm³/mol. The Hall–Kier alpha value is -3.88. The van der Waals surface area contributed by atoms with Gasteiger partial charge in [0, 0.05) is 32.6 Å². The van der Waals surface area contributed by atoms with Gasteiger partial charge in [-0.15, -0.1) is 0 Å². The van der Waals surface area contributed by atoms with Crippen LogP contribution in [0.15, 0.2) is 48.5 Å². The maximum atomic E-state index is 14.3. The van der Waals surface area contributed by atoms with Gasteiger partial charge in [0.25, 0.3) is 5.91 Å². The molecule has 3 heterocycles. The van der Waals surface area contributed by atoms with Crippen LogP contribution in [-0.2, 0) is 6.42 Å². The molecule has 0 spiro atoms. The number of amides is 1. The van der Waals surface area contributed by atoms with Crippen LogP contribution in [0, 0.1) is 18.6 Å². The molecule has 9 heteroatoms. The van der Waals surface area contributed by atoms with E-state index in [1.54, 1.807) is 33.8 Å². The summed E-state index contributed by atoms with van der Waals surface area (Å²) in [6.07, 6.45) is 3.43. The quantitative estimate of drug-likeness (QED) is 0.366. The number of hydrogen-bond donors (Lipinski definition) is 0. The van der Waals surface area contributed by atoms with E-state index in [0.29, 0.717) is 31.8 Å². The van der Waals surface area contributed by atoms with Gasteiger partial charge in [-0.25, -0.2) is 23.4 Å². The Morgan fingerprint density at radius 2 is 1.76 bits per heavy atom. The second kappa shape index (κ2) is 10.6. The van der Waals surface area contributed by atoms with Crippen molar-refractivity contribution < 1.29 is 13.6 Å². The van der Waals surface area contributed by atoms with Crippen molar-refractivity contribution in [2.24, 2.45) is 0 Å². The van der Waals surface area contributed by atoms with Crippen molar-refractivity contribution in [3.8, 4) is 5.69 Å². The third-order valence-electron chi connectivity index (χ3n) is 6.74. The standard InChI is InChI=1S/C28H30F2N6O/c1-3-4-10-24-31-26(25-19(2)33-36(27(25)32-24)21-13-11-20(29)12-14-21)34-15-7-16-35(18-17-34)28(37)22-8-5-6-9-23(22)30/h5-6,8-9,11-14H,3-4,7,10,15-18H2,1-2H3. The maximum absolute atomic E-state index is 14.3. The van der Waals surface area contributed by atoms with Crippen LogP contribution in [0.2, 0.25) is 0 Å². The summed E-state index contributed by atoms with van der Waals surface area (Å²) in [6, 6.07) is 12.3. The molecule has 0 bridgehead atoms. The molecule has 37 heavy (non-hydrogen) atoms. The van der Waals surface area contributed by atoms with Crippen molar-refractivity contribution in [3.05, 3.63) is 77.2 Å². The molecule has 0 unspecified atom stereocenters. The summed E-state index contributed by atoms with van der Waals surface area (Å²) in [5, 5.41) is 5.59. The highest BCUT2D eigenvalue weighted by Crippen LogP contribution is 2.30. The van der Waals surface area contributed by atoms with Crippen LogP contribution in [0.5, 0.6) is 0 Å². The summed E-state index contributed by atoms with van der Waals surface area (Å²) in [6.45, 7) is 6.29. The van der Waals surface area contributed by atoms with E-state index in [1.165, 1.54) is 24.3 Å². The van der Waals surface area contributed by atoms with E-state index in [0.717, 1.165) is 54.1 Å². The summed E-state index contributed by atoms with van der Waals surface area (Å²) in [7, 11) is 0. The summed E-state index contributed by atoms with van der Waals surface area (Å²) in [5.41, 5.74) is 2.28. The fourth-order valence-corrected chi connectivity index (χ4v) is 4.78. The SMILES string of the molecule is CCCCc1nc(N2CCCN(C(=O)c3ccccc3F)CC2)c2c(C)nn(-c3ccc(F)cc3)c2n1. The Balaban J connectivity index is 1.50. The van der Waals surface area contributed by atoms with Crippen molar-refractivity contribution in [2.75, 3.05) is 31.1 Å². The van der Waals surface area contributed by atoms with Crippen molar-refractivity contribution >= 4 is 22.8 Å². The van der Waals surface area contributed by atoms with Gasteiger partial charge in [-0.05, 0) is 56.2 Å². The topological polar surface area (TPSA) is 67.2 Å². The molecule has 1 aliphatic heterocycles. The van der Waals surface area contributed by atoms with Crippen LogP contribution in [0.4, 0.5) is 14.6 Å². The van der Waals surface area contributed by atoms with E-state index in [-0.39, 0.29) is 17.3 Å². The zero-order valence-corrected chi connectivity index (χ0v) is 21.1. The number of fused-ring (bicyclic) bond motifs is 1. The van der Waals surface area contributed by atoms with E-state index in [2.05, 4.69) is 11.8 Å². The van der Waals surface area contributed by atoms with E-state index in [1.807, 2.05) is 6.92 Å². The number of benzene rings is 2. The van der Waals surface area contributed by atoms with Crippen LogP contribution in [-0.4, -0.2) is 56.7 Å². The Morgan fingerprint density at radius 3 is 2.51 bits per heavy atom. The molecule has 1 saturated heterocycles. The minimum atomic E-state index is -0.504. The average molecular weight is 505 g/mol. The van der Waals surface area contributed by atoms with E-state index >= 15 is 0 Å². The average Bonchev–Trinajstić information content (AvgIpc) is 3.07. The van der Waals surface area contributed by atoms with Gasteiger partial charge in [-0.3, -0.25) is 4.79 Å². The molecule has 1 aliphatic rings. The Kier molecular flexibility index (Phi) is 7.12. The molecular formula is C28H30F2N6O. The fourth-order valence-electron chi connectivity index (χ4n) is 4.78. The van der Waals surface area contributed by atoms with Gasteiger partial charge >= 0.3 is 0 Å². The Labute approximate surface area is 214 Å². The van der Waals surface area contributed by atoms with E-state index in [9.17, 15) is 13.6 Å². The number of carbonyl (C=O) groups is 1. The molecule has 1 amide bonds. The second-order valence-electron chi connectivity index (χ2n) is 9.35. The van der Waals surface area contributed by atoms with Crippen LogP contribution in [0.25, 0.3) is 16.7 Å². The molecule has 5 rings (SSSR count). The highest BCUT2D eigenvalue weighted by molar-refractivity contribution is 5.95. The number of rotatable bonds is 6. The molecule has 0 saturated carbocycles. The first kappa shape index (κ1) is 24.8. The zero-order chi connectivity index (χ0) is 25.9. The van der Waals surface area contributed by atoms with Crippen molar-refractivity contribution in [1.82, 2.24) is 24.6 Å². The number of carbonyl (C=O) groups excluding carboxylic acids is 1. The lowest BCUT2D eigenvalue weighted by Crippen LogP contribution is -2.36. The van der Waals surface area contributed by atoms with Crippen LogP contribution in [0.3, 0.4) is 0 Å². The van der Waals surface area contributed by atoms with E-state index < -0.39 is 5.82 Å². The first-order chi connectivity index (χ1) is 18.0. The number of hydrogen-bond acceptors (Lipinski definition) is 5. The smallest absolute Gasteiger partial charge is 0.256 e. The molecule has 0 radical (unpaired) electrons. The van der Waals surface area contributed by atoms with Crippen LogP contribution < -0.4 is 4.90 Å². The van der Waals surface area contributed by atoms with Crippen molar-refractivity contribution in [1.29, 1.82) is 0 Å². The lowest BCUT2D eigenvalue weighted by molar-refractivity contribution is 0.0762. The largest absolute Gasteiger partial charge is 0.354 e. The highest BCUT2D eigenvalue weighted by Gasteiger charge is 2.26. The molecule has 7 nitrogen and oxygen atoms in total. The number of aryl methyl sites for hydroxylation is 2. The molecule has 2 aromatic heterocycles. The third kappa shape index (κ3) is 5.03. The Bertz CT molecular complexity index is 1420. The normalized spacial score (nSPS) is 14.3. The first-order valence-electron chi connectivity index (χ1n) is 12.8. The molecular weight excluding hydrogens is 474 g/mol. The third-order valence-corrected chi connectivity index (χ3v) is 6.74. The first-order valence-corrected chi connectivity index (χ1v) is 12.8. The van der Waals surface area contributed by atoms with Crippen molar-refractivity contribution in [3.63, 3.8) is 0 Å². The summed E-state index contributed by atoms with van der Waals surface area (Å²) in [4.78, 5) is 26.8. The minimum Gasteiger partial charge on any atom is -0.354 e. The van der Waals surface area contributed by atoms with Gasteiger partial charge in [0.2, 0.25) is 0 Å². The summed E-state index contributed by atoms with van der Waals surface area (Å²) < 4.78 is 29.6. The molecule has 0 atom stereocenters. The number of nitrogens with zero attached hydrogens (tertiary/aromatic N) is 6. The number of unbranched alkanes of at least 4 members (excludes halogenated alkanes) is 1. The van der Waals surface area contributed by atoms with Crippen LogP contribution >= 0.6 is 0 Å². The lowest BCUT2D eigenvalue weighted by Gasteiger charge is -2.24. The summed E-state index contributed by atoms with van der Waals surface area (Å²) >= 11 is 0. The fraction of sp³-hybridized carbons (Fsp3) is 0.357. The predicted octanol–water partition coefficient (Wildman–Crippen LogP) is 5.10. The van der Waals surface area contributed by atoms with Gasteiger partial charge in [0.05, 0.1) is 22.3 Å². The second-order valence-corrected chi connectivity index (χ2v) is 9.35. The molecule has 0 N–H and O–H groups in total. The van der Waals surface area contributed by atoms with Gasteiger partial charge in [0.15, 0.2) is 5.65 Å². The molecule has 192 valence electrons. The number of aromatic nitrogens is 4. The molecule has 0 aliphatic carbocycles. The van der Waals surface area contributed by atoms with Crippen LogP contribution in [0.1, 0.15) is 48.1 Å². The minimum absolute atomic E-state index is 0.0960. The lowest BCUT2D eigenvalue weighted by atomic mass is 10.2. The Morgan fingerprint density at radius 1 is 0.973 bits per heavy atom. The molecule has 4 aromatic rings. The zero-order valence-electron chi connectivity index (χ0n) is 21.1. The van der Waals surface area contributed by atoms with Gasteiger partial charge in [0.1, 0.15) is 23.3 Å². The van der Waals surface area contributed by atoms with Gasteiger partial charge in [-0.2, -0.15) is 5.10 Å². The molecule has 2 aromatic carbocycles. The van der Waals surface area contributed by atoms with Crippen molar-refractivity contribution in [2.45, 2.75) is 39.5 Å². The highest BCUT2D eigenvalue weighted by atomic mass is 19.1. The maximum Gasteiger partial charge on any atom is 0.256 e.